The highest BCUT2D eigenvalue weighted by molar-refractivity contribution is 5.80. The minimum Gasteiger partial charge on any atom is -0.493 e. The first kappa shape index (κ1) is 15.8. The maximum Gasteiger partial charge on any atom is 0.222 e. The summed E-state index contributed by atoms with van der Waals surface area (Å²) in [4.78, 5) is 25.6. The van der Waals surface area contributed by atoms with E-state index in [9.17, 15) is 9.59 Å². The number of carbonyl (C=O) groups excluding carboxylic acids is 2. The number of nitrogens with one attached hydrogen (secondary N) is 1. The zero-order valence-corrected chi connectivity index (χ0v) is 13.6. The summed E-state index contributed by atoms with van der Waals surface area (Å²) in [5.41, 5.74) is 1.10. The highest BCUT2D eigenvalue weighted by atomic mass is 16.5. The van der Waals surface area contributed by atoms with Crippen LogP contribution in [0, 0.1) is 12.3 Å². The van der Waals surface area contributed by atoms with E-state index >= 15 is 0 Å². The molecule has 23 heavy (non-hydrogen) atoms. The van der Waals surface area contributed by atoms with Gasteiger partial charge in [0.1, 0.15) is 5.75 Å². The predicted octanol–water partition coefficient (Wildman–Crippen LogP) is 1.89. The Hall–Kier alpha value is -2.04. The average Bonchev–Trinajstić information content (AvgIpc) is 3.12. The van der Waals surface area contributed by atoms with Crippen LogP contribution in [0.5, 0.6) is 5.75 Å². The third-order valence-electron chi connectivity index (χ3n) is 4.87. The quantitative estimate of drug-likeness (QED) is 0.844. The molecule has 1 spiro atoms. The second-order valence-corrected chi connectivity index (χ2v) is 6.74. The molecule has 1 aromatic rings. The normalized spacial score (nSPS) is 23.3. The molecule has 0 radical (unpaired) electrons. The standard InChI is InChI=1S/C18H24N2O3/c1-14-5-2-3-6-15(14)23-10-4-7-17(22)20-9-8-18(13-20)11-16(21)19-12-18/h2-3,5-6H,4,7-13H2,1H3,(H,19,21). The van der Waals surface area contributed by atoms with Crippen LogP contribution in [0.2, 0.25) is 0 Å². The van der Waals surface area contributed by atoms with E-state index in [0.717, 1.165) is 24.3 Å². The van der Waals surface area contributed by atoms with Crippen molar-refractivity contribution in [2.45, 2.75) is 32.6 Å². The molecule has 2 fully saturated rings. The van der Waals surface area contributed by atoms with Crippen molar-refractivity contribution in [3.63, 3.8) is 0 Å². The van der Waals surface area contributed by atoms with Crippen LogP contribution in [-0.4, -0.2) is 43.0 Å². The van der Waals surface area contributed by atoms with Crippen molar-refractivity contribution in [1.82, 2.24) is 10.2 Å². The van der Waals surface area contributed by atoms with Crippen molar-refractivity contribution in [2.24, 2.45) is 5.41 Å². The van der Waals surface area contributed by atoms with Gasteiger partial charge in [0.25, 0.3) is 0 Å². The number of ether oxygens (including phenoxy) is 1. The van der Waals surface area contributed by atoms with Crippen molar-refractivity contribution in [2.75, 3.05) is 26.2 Å². The molecule has 0 saturated carbocycles. The van der Waals surface area contributed by atoms with E-state index in [0.29, 0.717) is 39.0 Å². The lowest BCUT2D eigenvalue weighted by molar-refractivity contribution is -0.131. The summed E-state index contributed by atoms with van der Waals surface area (Å²) in [6, 6.07) is 7.90. The van der Waals surface area contributed by atoms with Crippen LogP contribution in [0.15, 0.2) is 24.3 Å². The molecule has 0 bridgehead atoms. The fourth-order valence-electron chi connectivity index (χ4n) is 3.47. The predicted molar refractivity (Wildman–Crippen MR) is 87.2 cm³/mol. The van der Waals surface area contributed by atoms with Crippen LogP contribution in [0.1, 0.15) is 31.2 Å². The molecule has 5 nitrogen and oxygen atoms in total. The highest BCUT2D eigenvalue weighted by Crippen LogP contribution is 2.36. The SMILES string of the molecule is Cc1ccccc1OCCCC(=O)N1CCC2(CNC(=O)C2)C1. The zero-order chi connectivity index (χ0) is 16.3. The second-order valence-electron chi connectivity index (χ2n) is 6.74. The molecule has 0 aromatic heterocycles. The van der Waals surface area contributed by atoms with Gasteiger partial charge in [0, 0.05) is 37.9 Å². The molecular formula is C18H24N2O3. The number of hydrogen-bond donors (Lipinski definition) is 1. The van der Waals surface area contributed by atoms with Crippen LogP contribution in [0.4, 0.5) is 0 Å². The summed E-state index contributed by atoms with van der Waals surface area (Å²) in [6.07, 6.45) is 2.71. The van der Waals surface area contributed by atoms with Crippen LogP contribution in [-0.2, 0) is 9.59 Å². The minimum absolute atomic E-state index is 0.00953. The number of benzene rings is 1. The van der Waals surface area contributed by atoms with Gasteiger partial charge in [0.15, 0.2) is 0 Å². The van der Waals surface area contributed by atoms with Gasteiger partial charge in [-0.15, -0.1) is 0 Å². The number of para-hydroxylation sites is 1. The van der Waals surface area contributed by atoms with E-state index < -0.39 is 0 Å². The van der Waals surface area contributed by atoms with Gasteiger partial charge >= 0.3 is 0 Å². The first-order valence-electron chi connectivity index (χ1n) is 8.31. The number of likely N-dealkylation sites (tertiary alicyclic amines) is 1. The van der Waals surface area contributed by atoms with E-state index in [1.165, 1.54) is 0 Å². The fraction of sp³-hybridized carbons (Fsp3) is 0.556. The van der Waals surface area contributed by atoms with Crippen molar-refractivity contribution in [1.29, 1.82) is 0 Å². The van der Waals surface area contributed by atoms with Crippen LogP contribution >= 0.6 is 0 Å². The van der Waals surface area contributed by atoms with Gasteiger partial charge in [0.2, 0.25) is 11.8 Å². The molecule has 2 aliphatic rings. The number of carbonyl (C=O) groups is 2. The van der Waals surface area contributed by atoms with Crippen molar-refractivity contribution < 1.29 is 14.3 Å². The number of hydrogen-bond acceptors (Lipinski definition) is 3. The van der Waals surface area contributed by atoms with E-state index in [1.54, 1.807) is 0 Å². The maximum absolute atomic E-state index is 12.3. The molecule has 2 heterocycles. The molecule has 124 valence electrons. The van der Waals surface area contributed by atoms with E-state index in [-0.39, 0.29) is 17.2 Å². The third kappa shape index (κ3) is 3.66. The highest BCUT2D eigenvalue weighted by Gasteiger charge is 2.44. The Bertz CT molecular complexity index is 602. The molecule has 2 aliphatic heterocycles. The number of rotatable bonds is 5. The van der Waals surface area contributed by atoms with E-state index in [2.05, 4.69) is 5.32 Å². The van der Waals surface area contributed by atoms with Crippen molar-refractivity contribution in [3.05, 3.63) is 29.8 Å². The zero-order valence-electron chi connectivity index (χ0n) is 13.6. The Balaban J connectivity index is 1.40. The second kappa shape index (κ2) is 6.60. The Morgan fingerprint density at radius 2 is 2.22 bits per heavy atom. The van der Waals surface area contributed by atoms with Crippen LogP contribution in [0.3, 0.4) is 0 Å². The first-order valence-corrected chi connectivity index (χ1v) is 8.31. The largest absolute Gasteiger partial charge is 0.493 e. The summed E-state index contributed by atoms with van der Waals surface area (Å²) in [7, 11) is 0. The Morgan fingerprint density at radius 3 is 2.96 bits per heavy atom. The summed E-state index contributed by atoms with van der Waals surface area (Å²) in [6.45, 7) is 4.76. The van der Waals surface area contributed by atoms with Gasteiger partial charge in [-0.05, 0) is 31.4 Å². The molecule has 1 N–H and O–H groups in total. The Labute approximate surface area is 137 Å². The number of nitrogens with zero attached hydrogens (tertiary/aromatic N) is 1. The monoisotopic (exact) mass is 316 g/mol. The van der Waals surface area contributed by atoms with Gasteiger partial charge in [-0.3, -0.25) is 9.59 Å². The van der Waals surface area contributed by atoms with Crippen LogP contribution in [0.25, 0.3) is 0 Å². The third-order valence-corrected chi connectivity index (χ3v) is 4.87. The Kier molecular flexibility index (Phi) is 4.55. The van der Waals surface area contributed by atoms with Gasteiger partial charge in [0.05, 0.1) is 6.61 Å². The molecule has 5 heteroatoms. The summed E-state index contributed by atoms with van der Waals surface area (Å²) in [5, 5.41) is 2.89. The van der Waals surface area contributed by atoms with Gasteiger partial charge in [-0.25, -0.2) is 0 Å². The topological polar surface area (TPSA) is 58.6 Å². The van der Waals surface area contributed by atoms with E-state index in [1.807, 2.05) is 36.1 Å². The van der Waals surface area contributed by atoms with Gasteiger partial charge in [-0.1, -0.05) is 18.2 Å². The number of aryl methyl sites for hydroxylation is 1. The molecule has 1 atom stereocenters. The lowest BCUT2D eigenvalue weighted by Gasteiger charge is -2.21. The first-order chi connectivity index (χ1) is 11.1. The van der Waals surface area contributed by atoms with Crippen molar-refractivity contribution >= 4 is 11.8 Å². The molecule has 1 unspecified atom stereocenters. The fourth-order valence-corrected chi connectivity index (χ4v) is 3.47. The molecule has 1 aromatic carbocycles. The summed E-state index contributed by atoms with van der Waals surface area (Å²) < 4.78 is 5.73. The lowest BCUT2D eigenvalue weighted by Crippen LogP contribution is -2.33. The molecule has 0 aliphatic carbocycles. The Morgan fingerprint density at radius 1 is 1.39 bits per heavy atom. The molecule has 2 saturated heterocycles. The van der Waals surface area contributed by atoms with Crippen molar-refractivity contribution in [3.8, 4) is 5.75 Å². The summed E-state index contributed by atoms with van der Waals surface area (Å²) in [5.74, 6) is 1.18. The smallest absolute Gasteiger partial charge is 0.222 e. The molecule has 3 rings (SSSR count). The minimum atomic E-state index is -0.00953. The molecule has 2 amide bonds. The summed E-state index contributed by atoms with van der Waals surface area (Å²) >= 11 is 0. The van der Waals surface area contributed by atoms with Gasteiger partial charge < -0.3 is 15.0 Å². The van der Waals surface area contributed by atoms with Gasteiger partial charge in [-0.2, -0.15) is 0 Å². The lowest BCUT2D eigenvalue weighted by atomic mass is 9.86. The van der Waals surface area contributed by atoms with E-state index in [4.69, 9.17) is 4.74 Å². The van der Waals surface area contributed by atoms with Crippen LogP contribution < -0.4 is 10.1 Å². The number of amides is 2. The average molecular weight is 316 g/mol. The molecular weight excluding hydrogens is 292 g/mol. The maximum atomic E-state index is 12.3.